The van der Waals surface area contributed by atoms with Gasteiger partial charge in [-0.15, -0.1) is 35.3 Å². The number of thiophene rings is 1. The van der Waals surface area contributed by atoms with Crippen molar-refractivity contribution in [3.05, 3.63) is 41.3 Å². The largest absolute Gasteiger partial charge is 0.497 e. The van der Waals surface area contributed by atoms with Gasteiger partial charge in [0.05, 0.1) is 20.3 Å². The topological polar surface area (TPSA) is 75.1 Å². The van der Waals surface area contributed by atoms with Crippen molar-refractivity contribution in [1.29, 1.82) is 0 Å². The summed E-state index contributed by atoms with van der Waals surface area (Å²) in [5.41, 5.74) is 1.18. The summed E-state index contributed by atoms with van der Waals surface area (Å²) >= 11 is 1.75. The molecule has 1 unspecified atom stereocenters. The number of halogens is 1. The minimum absolute atomic E-state index is 0. The first-order valence-corrected chi connectivity index (χ1v) is 10.9. The van der Waals surface area contributed by atoms with E-state index in [-0.39, 0.29) is 36.0 Å². The first-order valence-electron chi connectivity index (χ1n) is 10.1. The number of rotatable bonds is 9. The Morgan fingerprint density at radius 3 is 2.67 bits per heavy atom. The molecule has 1 aromatic heterocycles. The lowest BCUT2D eigenvalue weighted by Crippen LogP contribution is -2.44. The minimum Gasteiger partial charge on any atom is -0.497 e. The van der Waals surface area contributed by atoms with Gasteiger partial charge < -0.3 is 25.2 Å². The number of guanidine groups is 1. The molecule has 3 rings (SSSR count). The zero-order valence-electron chi connectivity index (χ0n) is 17.6. The standard InChI is InChI=1S/C22H31N3O3S.HI/c1-3-23-21(25-15-22(10-12-26)11-13-28-16-22)24-14-19-8-9-20(29-19)17-4-6-18(27-2)7-5-17;/h4-9,26H,3,10-16H2,1-2H3,(H2,23,24,25);1H. The molecule has 0 bridgehead atoms. The molecule has 1 atom stereocenters. The molecule has 0 radical (unpaired) electrons. The van der Waals surface area contributed by atoms with E-state index in [9.17, 15) is 5.11 Å². The second-order valence-electron chi connectivity index (χ2n) is 7.32. The third kappa shape index (κ3) is 6.83. The number of methoxy groups -OCH3 is 1. The SMILES string of the molecule is CCNC(=NCc1ccc(-c2ccc(OC)cc2)s1)NCC1(CCO)CCOC1.I. The van der Waals surface area contributed by atoms with E-state index in [4.69, 9.17) is 14.5 Å². The minimum atomic E-state index is -0.00455. The predicted molar refractivity (Wildman–Crippen MR) is 134 cm³/mol. The van der Waals surface area contributed by atoms with Crippen LogP contribution in [-0.2, 0) is 11.3 Å². The van der Waals surface area contributed by atoms with Crippen LogP contribution in [0.4, 0.5) is 0 Å². The van der Waals surface area contributed by atoms with E-state index in [2.05, 4.69) is 41.8 Å². The number of hydrogen-bond donors (Lipinski definition) is 3. The number of aliphatic hydroxyl groups is 1. The average molecular weight is 545 g/mol. The summed E-state index contributed by atoms with van der Waals surface area (Å²) in [5.74, 6) is 1.67. The van der Waals surface area contributed by atoms with Crippen LogP contribution in [0.15, 0.2) is 41.4 Å². The van der Waals surface area contributed by atoms with Gasteiger partial charge in [0, 0.05) is 41.5 Å². The molecule has 1 fully saturated rings. The summed E-state index contributed by atoms with van der Waals surface area (Å²) in [6.45, 7) is 5.88. The first-order chi connectivity index (χ1) is 14.2. The van der Waals surface area contributed by atoms with E-state index in [1.807, 2.05) is 12.1 Å². The summed E-state index contributed by atoms with van der Waals surface area (Å²) in [4.78, 5) is 7.19. The van der Waals surface area contributed by atoms with Crippen molar-refractivity contribution in [3.63, 3.8) is 0 Å². The fourth-order valence-corrected chi connectivity index (χ4v) is 4.39. The van der Waals surface area contributed by atoms with Crippen LogP contribution in [0.3, 0.4) is 0 Å². The third-order valence-electron chi connectivity index (χ3n) is 5.23. The maximum absolute atomic E-state index is 9.40. The Bertz CT molecular complexity index is 789. The van der Waals surface area contributed by atoms with E-state index in [0.717, 1.165) is 44.2 Å². The molecule has 3 N–H and O–H groups in total. The van der Waals surface area contributed by atoms with Gasteiger partial charge in [-0.05, 0) is 61.7 Å². The van der Waals surface area contributed by atoms with Crippen molar-refractivity contribution < 1.29 is 14.6 Å². The quantitative estimate of drug-likeness (QED) is 0.254. The average Bonchev–Trinajstić information content (AvgIpc) is 3.41. The van der Waals surface area contributed by atoms with Crippen LogP contribution in [-0.4, -0.2) is 51.1 Å². The monoisotopic (exact) mass is 545 g/mol. The van der Waals surface area contributed by atoms with Gasteiger partial charge in [0.2, 0.25) is 0 Å². The summed E-state index contributed by atoms with van der Waals surface area (Å²) in [6.07, 6.45) is 1.71. The molecule has 6 nitrogen and oxygen atoms in total. The maximum Gasteiger partial charge on any atom is 0.191 e. The number of hydrogen-bond acceptors (Lipinski definition) is 5. The van der Waals surface area contributed by atoms with Crippen LogP contribution in [0.25, 0.3) is 10.4 Å². The molecule has 0 spiro atoms. The number of nitrogens with one attached hydrogen (secondary N) is 2. The summed E-state index contributed by atoms with van der Waals surface area (Å²) in [5, 5.41) is 16.2. The molecule has 166 valence electrons. The first kappa shape index (κ1) is 24.9. The van der Waals surface area contributed by atoms with Crippen LogP contribution in [0.5, 0.6) is 5.75 Å². The van der Waals surface area contributed by atoms with Crippen molar-refractivity contribution in [2.75, 3.05) is 40.0 Å². The lowest BCUT2D eigenvalue weighted by atomic mass is 9.84. The molecule has 8 heteroatoms. The Hall–Kier alpha value is -1.36. The zero-order chi connectivity index (χ0) is 20.5. The van der Waals surface area contributed by atoms with Crippen molar-refractivity contribution >= 4 is 41.3 Å². The van der Waals surface area contributed by atoms with E-state index >= 15 is 0 Å². The lowest BCUT2D eigenvalue weighted by Gasteiger charge is -2.27. The van der Waals surface area contributed by atoms with Gasteiger partial charge in [0.25, 0.3) is 0 Å². The fourth-order valence-electron chi connectivity index (χ4n) is 3.45. The Balaban J connectivity index is 0.00000320. The molecule has 1 aliphatic rings. The van der Waals surface area contributed by atoms with Gasteiger partial charge in [-0.1, -0.05) is 0 Å². The molecular formula is C22H32IN3O3S. The van der Waals surface area contributed by atoms with Gasteiger partial charge in [0.15, 0.2) is 5.96 Å². The normalized spacial score (nSPS) is 18.7. The molecule has 1 saturated heterocycles. The molecule has 0 saturated carbocycles. The Labute approximate surface area is 200 Å². The van der Waals surface area contributed by atoms with Gasteiger partial charge >= 0.3 is 0 Å². The molecule has 0 aliphatic carbocycles. The maximum atomic E-state index is 9.40. The second-order valence-corrected chi connectivity index (χ2v) is 8.49. The molecule has 2 heterocycles. The number of nitrogens with zero attached hydrogens (tertiary/aromatic N) is 1. The van der Waals surface area contributed by atoms with Crippen LogP contribution >= 0.6 is 35.3 Å². The number of benzene rings is 1. The Morgan fingerprint density at radius 1 is 1.23 bits per heavy atom. The van der Waals surface area contributed by atoms with Gasteiger partial charge in [-0.3, -0.25) is 0 Å². The van der Waals surface area contributed by atoms with Crippen LogP contribution in [0.1, 0.15) is 24.6 Å². The van der Waals surface area contributed by atoms with Crippen molar-refractivity contribution in [3.8, 4) is 16.2 Å². The van der Waals surface area contributed by atoms with Gasteiger partial charge in [0.1, 0.15) is 5.75 Å². The van der Waals surface area contributed by atoms with E-state index in [0.29, 0.717) is 13.2 Å². The molecule has 1 aromatic carbocycles. The molecule has 1 aliphatic heterocycles. The van der Waals surface area contributed by atoms with Crippen molar-refractivity contribution in [2.24, 2.45) is 10.4 Å². The fraction of sp³-hybridized carbons (Fsp3) is 0.500. The van der Waals surface area contributed by atoms with Crippen LogP contribution in [0, 0.1) is 5.41 Å². The molecule has 0 amide bonds. The molecule has 2 aromatic rings. The molecule has 30 heavy (non-hydrogen) atoms. The second kappa shape index (κ2) is 12.5. The highest BCUT2D eigenvalue weighted by atomic mass is 127. The van der Waals surface area contributed by atoms with Gasteiger partial charge in [-0.2, -0.15) is 0 Å². The van der Waals surface area contributed by atoms with E-state index < -0.39 is 0 Å². The predicted octanol–water partition coefficient (Wildman–Crippen LogP) is 3.89. The number of aliphatic imine (C=N–C) groups is 1. The number of aliphatic hydroxyl groups excluding tert-OH is 1. The van der Waals surface area contributed by atoms with Crippen LogP contribution in [0.2, 0.25) is 0 Å². The number of ether oxygens (including phenoxy) is 2. The Kier molecular flexibility index (Phi) is 10.4. The van der Waals surface area contributed by atoms with Crippen LogP contribution < -0.4 is 15.4 Å². The summed E-state index contributed by atoms with van der Waals surface area (Å²) < 4.78 is 10.8. The highest BCUT2D eigenvalue weighted by molar-refractivity contribution is 14.0. The zero-order valence-corrected chi connectivity index (χ0v) is 20.8. The van der Waals surface area contributed by atoms with E-state index in [1.54, 1.807) is 18.4 Å². The smallest absolute Gasteiger partial charge is 0.191 e. The summed E-state index contributed by atoms with van der Waals surface area (Å²) in [6, 6.07) is 12.4. The Morgan fingerprint density at radius 2 is 2.03 bits per heavy atom. The highest BCUT2D eigenvalue weighted by Crippen LogP contribution is 2.32. The summed E-state index contributed by atoms with van der Waals surface area (Å²) in [7, 11) is 1.68. The lowest BCUT2D eigenvalue weighted by molar-refractivity contribution is 0.127. The van der Waals surface area contributed by atoms with Gasteiger partial charge in [-0.25, -0.2) is 4.99 Å². The van der Waals surface area contributed by atoms with E-state index in [1.165, 1.54) is 15.3 Å². The van der Waals surface area contributed by atoms with Crippen molar-refractivity contribution in [2.45, 2.75) is 26.3 Å². The van der Waals surface area contributed by atoms with Crippen molar-refractivity contribution in [1.82, 2.24) is 10.6 Å². The molecular weight excluding hydrogens is 513 g/mol. The third-order valence-corrected chi connectivity index (χ3v) is 6.35. The highest BCUT2D eigenvalue weighted by Gasteiger charge is 2.34.